The van der Waals surface area contributed by atoms with E-state index in [0.29, 0.717) is 30.0 Å². The van der Waals surface area contributed by atoms with E-state index in [-0.39, 0.29) is 24.5 Å². The topological polar surface area (TPSA) is 146 Å². The van der Waals surface area contributed by atoms with Crippen LogP contribution in [0.3, 0.4) is 0 Å². The Bertz CT molecular complexity index is 1450. The molecule has 0 unspecified atom stereocenters. The number of ether oxygens (including phenoxy) is 1. The van der Waals surface area contributed by atoms with Crippen LogP contribution >= 0.6 is 0 Å². The van der Waals surface area contributed by atoms with E-state index in [4.69, 9.17) is 4.74 Å². The number of hydrogen-bond donors (Lipinski definition) is 3. The zero-order valence-electron chi connectivity index (χ0n) is 19.9. The van der Waals surface area contributed by atoms with Gasteiger partial charge >= 0.3 is 12.1 Å². The summed E-state index contributed by atoms with van der Waals surface area (Å²) in [6, 6.07) is 15.0. The van der Waals surface area contributed by atoms with Crippen molar-refractivity contribution in [3.05, 3.63) is 54.7 Å². The lowest BCUT2D eigenvalue weighted by Gasteiger charge is -2.45. The Kier molecular flexibility index (Phi) is 5.74. The lowest BCUT2D eigenvalue weighted by Crippen LogP contribution is -2.54. The molecule has 1 saturated carbocycles. The van der Waals surface area contributed by atoms with Gasteiger partial charge < -0.3 is 19.5 Å². The second kappa shape index (κ2) is 9.23. The van der Waals surface area contributed by atoms with Gasteiger partial charge in [0.2, 0.25) is 5.82 Å². The first-order chi connectivity index (χ1) is 18.0. The van der Waals surface area contributed by atoms with Crippen molar-refractivity contribution in [3.8, 4) is 22.8 Å². The number of amides is 1. The number of rotatable bonds is 5. The van der Waals surface area contributed by atoms with Crippen molar-refractivity contribution in [3.63, 3.8) is 0 Å². The number of likely N-dealkylation sites (tertiary alicyclic amines) is 1. The van der Waals surface area contributed by atoms with Crippen LogP contribution in [0, 0.1) is 11.8 Å². The summed E-state index contributed by atoms with van der Waals surface area (Å²) in [6.45, 7) is 0.244. The highest BCUT2D eigenvalue weighted by molar-refractivity contribution is 5.82. The number of carboxylic acid groups (broad SMARTS) is 2. The van der Waals surface area contributed by atoms with Gasteiger partial charge in [-0.25, -0.2) is 9.59 Å². The Hall–Kier alpha value is -4.41. The first-order valence-corrected chi connectivity index (χ1v) is 12.3. The number of fused-ring (bicyclic) bond motifs is 2. The summed E-state index contributed by atoms with van der Waals surface area (Å²) in [5.74, 6) is 0.141. The second-order valence-corrected chi connectivity index (χ2v) is 9.76. The van der Waals surface area contributed by atoms with Crippen molar-refractivity contribution in [2.75, 3.05) is 6.54 Å². The van der Waals surface area contributed by atoms with Crippen molar-refractivity contribution in [1.29, 1.82) is 0 Å². The maximum absolute atomic E-state index is 11.8. The number of nitrogens with one attached hydrogen (secondary N) is 1. The zero-order valence-corrected chi connectivity index (χ0v) is 19.9. The van der Waals surface area contributed by atoms with Crippen LogP contribution in [0.1, 0.15) is 25.7 Å². The molecule has 1 saturated heterocycles. The third-order valence-electron chi connectivity index (χ3n) is 7.68. The van der Waals surface area contributed by atoms with Gasteiger partial charge in [0.1, 0.15) is 11.8 Å². The van der Waals surface area contributed by atoms with E-state index < -0.39 is 18.1 Å². The standard InChI is InChI=1S/C26H26N6O5/c33-25(34)22-12-17-11-19(7-5-16(17)14-32(22)26(35)36)37-23-13-18(6-8-20(23)24-27-29-30-28-24)31-10-9-15-3-1-2-4-21(15)31/h1-4,6,8-10,13,16-17,19,22H,5,7,11-12,14H2,(H,33,34)(H,35,36)(H,27,28,29,30)/t16-,17+,19-,22-/m0/s1. The molecule has 3 N–H and O–H groups in total. The first kappa shape index (κ1) is 23.0. The summed E-state index contributed by atoms with van der Waals surface area (Å²) in [7, 11) is 0. The summed E-state index contributed by atoms with van der Waals surface area (Å²) >= 11 is 0. The molecule has 0 spiro atoms. The molecule has 3 heterocycles. The average molecular weight is 503 g/mol. The summed E-state index contributed by atoms with van der Waals surface area (Å²) in [6.07, 6.45) is 3.16. The molecular weight excluding hydrogens is 476 g/mol. The molecule has 4 atom stereocenters. The molecule has 1 aliphatic heterocycles. The quantitative estimate of drug-likeness (QED) is 0.373. The van der Waals surface area contributed by atoms with E-state index in [2.05, 4.69) is 43.4 Å². The largest absolute Gasteiger partial charge is 0.490 e. The number of para-hydroxylation sites is 1. The smallest absolute Gasteiger partial charge is 0.408 e. The van der Waals surface area contributed by atoms with Gasteiger partial charge in [0, 0.05) is 24.5 Å². The molecule has 4 aromatic rings. The highest BCUT2D eigenvalue weighted by atomic mass is 16.5. The number of aromatic nitrogens is 5. The van der Waals surface area contributed by atoms with Crippen molar-refractivity contribution in [2.45, 2.75) is 37.8 Å². The van der Waals surface area contributed by atoms with Crippen LogP contribution in [0.15, 0.2) is 54.7 Å². The van der Waals surface area contributed by atoms with Crippen molar-refractivity contribution in [1.82, 2.24) is 30.1 Å². The van der Waals surface area contributed by atoms with Crippen LogP contribution in [-0.4, -0.2) is 71.1 Å². The summed E-state index contributed by atoms with van der Waals surface area (Å²) < 4.78 is 8.66. The average Bonchev–Trinajstić information content (AvgIpc) is 3.58. The zero-order chi connectivity index (χ0) is 25.5. The monoisotopic (exact) mass is 502 g/mol. The second-order valence-electron chi connectivity index (χ2n) is 9.76. The Balaban J connectivity index is 1.29. The van der Waals surface area contributed by atoms with E-state index in [1.54, 1.807) is 0 Å². The molecule has 11 heteroatoms. The Morgan fingerprint density at radius 2 is 1.89 bits per heavy atom. The lowest BCUT2D eigenvalue weighted by molar-refractivity contribution is -0.146. The molecule has 2 aromatic carbocycles. The highest BCUT2D eigenvalue weighted by Crippen LogP contribution is 2.41. The maximum Gasteiger partial charge on any atom is 0.408 e. The number of hydrogen-bond acceptors (Lipinski definition) is 6. The maximum atomic E-state index is 11.8. The van der Waals surface area contributed by atoms with Crippen LogP contribution in [0.25, 0.3) is 28.0 Å². The van der Waals surface area contributed by atoms with Gasteiger partial charge in [0.15, 0.2) is 0 Å². The van der Waals surface area contributed by atoms with Gasteiger partial charge in [0.05, 0.1) is 17.2 Å². The van der Waals surface area contributed by atoms with Crippen LogP contribution in [-0.2, 0) is 4.79 Å². The van der Waals surface area contributed by atoms with Gasteiger partial charge in [0.25, 0.3) is 0 Å². The molecule has 190 valence electrons. The molecular formula is C26H26N6O5. The van der Waals surface area contributed by atoms with Crippen LogP contribution < -0.4 is 4.74 Å². The van der Waals surface area contributed by atoms with E-state index in [1.165, 1.54) is 0 Å². The number of nitrogens with zero attached hydrogens (tertiary/aromatic N) is 5. The summed E-state index contributed by atoms with van der Waals surface area (Å²) in [4.78, 5) is 24.5. The third-order valence-corrected chi connectivity index (χ3v) is 7.68. The lowest BCUT2D eigenvalue weighted by atomic mass is 9.72. The van der Waals surface area contributed by atoms with E-state index in [9.17, 15) is 19.8 Å². The van der Waals surface area contributed by atoms with Gasteiger partial charge in [-0.15, -0.1) is 10.2 Å². The fourth-order valence-corrected chi connectivity index (χ4v) is 5.87. The SMILES string of the molecule is O=C(O)[C@@H]1C[C@H]2C[C@@H](Oc3cc(-n4ccc5ccccc54)ccc3-c3nn[nH]n3)CC[C@H]2CN1C(=O)O. The van der Waals surface area contributed by atoms with E-state index >= 15 is 0 Å². The van der Waals surface area contributed by atoms with Crippen molar-refractivity contribution >= 4 is 23.0 Å². The van der Waals surface area contributed by atoms with Gasteiger partial charge in [-0.1, -0.05) is 18.2 Å². The van der Waals surface area contributed by atoms with Gasteiger partial charge in [-0.2, -0.15) is 5.21 Å². The Morgan fingerprint density at radius 3 is 2.68 bits per heavy atom. The molecule has 0 bridgehead atoms. The Morgan fingerprint density at radius 1 is 1.03 bits per heavy atom. The molecule has 6 rings (SSSR count). The minimum atomic E-state index is -1.18. The van der Waals surface area contributed by atoms with Gasteiger partial charge in [-0.05, 0) is 72.4 Å². The van der Waals surface area contributed by atoms with Crippen LogP contribution in [0.5, 0.6) is 5.75 Å². The fraction of sp³-hybridized carbons (Fsp3) is 0.346. The van der Waals surface area contributed by atoms with E-state index in [1.807, 2.05) is 36.5 Å². The number of H-pyrrole nitrogens is 1. The molecule has 1 amide bonds. The van der Waals surface area contributed by atoms with Crippen molar-refractivity contribution < 1.29 is 24.5 Å². The van der Waals surface area contributed by atoms with Crippen molar-refractivity contribution in [2.24, 2.45) is 11.8 Å². The number of carbonyl (C=O) groups is 2. The number of carboxylic acids is 1. The number of piperidine rings is 1. The first-order valence-electron chi connectivity index (χ1n) is 12.3. The summed E-state index contributed by atoms with van der Waals surface area (Å²) in [5.41, 5.74) is 2.71. The molecule has 11 nitrogen and oxygen atoms in total. The highest BCUT2D eigenvalue weighted by Gasteiger charge is 2.44. The molecule has 2 fully saturated rings. The molecule has 37 heavy (non-hydrogen) atoms. The molecule has 1 aliphatic carbocycles. The molecule has 2 aromatic heterocycles. The normalized spacial score (nSPS) is 23.5. The number of aromatic amines is 1. The van der Waals surface area contributed by atoms with Crippen LogP contribution in [0.2, 0.25) is 0 Å². The van der Waals surface area contributed by atoms with Gasteiger partial charge in [-0.3, -0.25) is 4.90 Å². The minimum absolute atomic E-state index is 0.0700. The minimum Gasteiger partial charge on any atom is -0.490 e. The number of aliphatic carboxylic acids is 1. The van der Waals surface area contributed by atoms with E-state index in [0.717, 1.165) is 34.3 Å². The Labute approximate surface area is 211 Å². The fourth-order valence-electron chi connectivity index (χ4n) is 5.87. The number of benzene rings is 2. The number of tetrazole rings is 1. The molecule has 2 aliphatic rings. The predicted molar refractivity (Wildman–Crippen MR) is 132 cm³/mol. The predicted octanol–water partition coefficient (Wildman–Crippen LogP) is 3.81. The molecule has 0 radical (unpaired) electrons. The summed E-state index contributed by atoms with van der Waals surface area (Å²) in [5, 5.41) is 34.7. The van der Waals surface area contributed by atoms with Crippen LogP contribution in [0.4, 0.5) is 4.79 Å². The third kappa shape index (κ3) is 4.26.